The number of hydrogen-bond acceptors (Lipinski definition) is 4. The van der Waals surface area contributed by atoms with Crippen LogP contribution in [0.1, 0.15) is 42.5 Å². The van der Waals surface area contributed by atoms with Crippen molar-refractivity contribution in [3.05, 3.63) is 39.2 Å². The van der Waals surface area contributed by atoms with Gasteiger partial charge in [-0.2, -0.15) is 0 Å². The van der Waals surface area contributed by atoms with E-state index in [4.69, 9.17) is 33.7 Å². The number of esters is 1. The number of halogens is 2. The van der Waals surface area contributed by atoms with Crippen LogP contribution in [-0.4, -0.2) is 12.1 Å². The molecular weight excluding hydrogens is 353 g/mol. The lowest BCUT2D eigenvalue weighted by atomic mass is 9.97. The third-order valence-electron chi connectivity index (χ3n) is 4.07. The molecule has 1 aliphatic carbocycles. The summed E-state index contributed by atoms with van der Waals surface area (Å²) in [6.07, 6.45) is 5.25. The van der Waals surface area contributed by atoms with E-state index in [2.05, 4.69) is 0 Å². The first kappa shape index (κ1) is 16.6. The topological polar surface area (TPSA) is 52.3 Å². The number of nitrogen functional groups attached to an aromatic ring is 1. The second-order valence-electron chi connectivity index (χ2n) is 5.68. The maximum absolute atomic E-state index is 12.6. The molecule has 2 N–H and O–H groups in total. The first-order valence-corrected chi connectivity index (χ1v) is 9.23. The fourth-order valence-corrected chi connectivity index (χ4v) is 4.19. The van der Waals surface area contributed by atoms with Gasteiger partial charge in [0.15, 0.2) is 0 Å². The lowest BCUT2D eigenvalue weighted by Crippen LogP contribution is -2.21. The first-order chi connectivity index (χ1) is 11.1. The maximum Gasteiger partial charge on any atom is 0.342 e. The smallest absolute Gasteiger partial charge is 0.342 e. The molecule has 1 heterocycles. The lowest BCUT2D eigenvalue weighted by molar-refractivity contribution is 0.0214. The van der Waals surface area contributed by atoms with Crippen LogP contribution in [0.4, 0.5) is 5.00 Å². The van der Waals surface area contributed by atoms with E-state index in [9.17, 15) is 4.79 Å². The lowest BCUT2D eigenvalue weighted by Gasteiger charge is -2.22. The van der Waals surface area contributed by atoms with Gasteiger partial charge in [0, 0.05) is 26.6 Å². The van der Waals surface area contributed by atoms with Gasteiger partial charge in [-0.15, -0.1) is 11.3 Å². The van der Waals surface area contributed by atoms with Crippen LogP contribution in [0.2, 0.25) is 10.0 Å². The van der Waals surface area contributed by atoms with Crippen LogP contribution in [0, 0.1) is 0 Å². The number of hydrogen-bond donors (Lipinski definition) is 1. The van der Waals surface area contributed by atoms with Crippen LogP contribution in [0.3, 0.4) is 0 Å². The molecule has 0 unspecified atom stereocenters. The third kappa shape index (κ3) is 3.65. The third-order valence-corrected chi connectivity index (χ3v) is 5.43. The Bertz CT molecular complexity index is 723. The fourth-order valence-electron chi connectivity index (χ4n) is 2.88. The quantitative estimate of drug-likeness (QED) is 0.696. The molecule has 0 aliphatic heterocycles. The zero-order valence-electron chi connectivity index (χ0n) is 12.5. The van der Waals surface area contributed by atoms with E-state index in [-0.39, 0.29) is 12.1 Å². The highest BCUT2D eigenvalue weighted by atomic mass is 35.5. The Hall–Kier alpha value is -1.23. The average molecular weight is 370 g/mol. The fraction of sp³-hybridized carbons (Fsp3) is 0.353. The molecule has 1 fully saturated rings. The van der Waals surface area contributed by atoms with Crippen molar-refractivity contribution in [1.82, 2.24) is 0 Å². The molecule has 3 rings (SSSR count). The van der Waals surface area contributed by atoms with Gasteiger partial charge in [0.2, 0.25) is 0 Å². The summed E-state index contributed by atoms with van der Waals surface area (Å²) in [6.45, 7) is 0. The average Bonchev–Trinajstić information content (AvgIpc) is 2.90. The number of rotatable bonds is 3. The van der Waals surface area contributed by atoms with E-state index in [1.807, 2.05) is 5.38 Å². The molecule has 0 saturated heterocycles. The molecule has 23 heavy (non-hydrogen) atoms. The van der Waals surface area contributed by atoms with E-state index in [1.54, 1.807) is 18.2 Å². The summed E-state index contributed by atoms with van der Waals surface area (Å²) in [5.74, 6) is -0.364. The number of anilines is 1. The second kappa shape index (κ2) is 7.12. The minimum atomic E-state index is -0.364. The van der Waals surface area contributed by atoms with E-state index < -0.39 is 0 Å². The van der Waals surface area contributed by atoms with Crippen LogP contribution in [0.15, 0.2) is 23.6 Å². The predicted molar refractivity (Wildman–Crippen MR) is 96.5 cm³/mol. The molecule has 0 spiro atoms. The molecule has 0 amide bonds. The molecule has 1 aromatic carbocycles. The molecule has 1 saturated carbocycles. The highest BCUT2D eigenvalue weighted by molar-refractivity contribution is 7.15. The van der Waals surface area contributed by atoms with Gasteiger partial charge in [-0.25, -0.2) is 4.79 Å². The predicted octanol–water partition coefficient (Wildman–Crippen LogP) is 5.79. The summed E-state index contributed by atoms with van der Waals surface area (Å²) in [4.78, 5) is 12.6. The number of nitrogens with two attached hydrogens (primary N) is 1. The zero-order chi connectivity index (χ0) is 16.4. The van der Waals surface area contributed by atoms with E-state index in [0.29, 0.717) is 26.2 Å². The maximum atomic E-state index is 12.6. The Morgan fingerprint density at radius 2 is 1.91 bits per heavy atom. The normalized spacial score (nSPS) is 15.6. The Kier molecular flexibility index (Phi) is 5.14. The largest absolute Gasteiger partial charge is 0.459 e. The minimum Gasteiger partial charge on any atom is -0.459 e. The minimum absolute atomic E-state index is 0.0101. The number of ether oxygens (including phenoxy) is 1. The van der Waals surface area contributed by atoms with Crippen molar-refractivity contribution in [3.8, 4) is 11.1 Å². The van der Waals surface area contributed by atoms with Gasteiger partial charge in [-0.3, -0.25) is 0 Å². The molecule has 1 aliphatic rings. The number of thiophene rings is 1. The van der Waals surface area contributed by atoms with Gasteiger partial charge in [0.25, 0.3) is 0 Å². The van der Waals surface area contributed by atoms with Crippen LogP contribution in [0.5, 0.6) is 0 Å². The van der Waals surface area contributed by atoms with E-state index in [1.165, 1.54) is 17.8 Å². The summed E-state index contributed by atoms with van der Waals surface area (Å²) < 4.78 is 5.66. The molecule has 6 heteroatoms. The molecule has 0 radical (unpaired) electrons. The molecule has 2 aromatic rings. The van der Waals surface area contributed by atoms with Gasteiger partial charge >= 0.3 is 5.97 Å². The van der Waals surface area contributed by atoms with Crippen molar-refractivity contribution in [2.24, 2.45) is 0 Å². The SMILES string of the molecule is Nc1scc(-c2ccc(Cl)cc2Cl)c1C(=O)OC1CCCCC1. The van der Waals surface area contributed by atoms with Gasteiger partial charge in [-0.1, -0.05) is 35.7 Å². The first-order valence-electron chi connectivity index (χ1n) is 7.59. The highest BCUT2D eigenvalue weighted by Crippen LogP contribution is 2.39. The van der Waals surface area contributed by atoms with E-state index >= 15 is 0 Å². The summed E-state index contributed by atoms with van der Waals surface area (Å²) in [7, 11) is 0. The van der Waals surface area contributed by atoms with Gasteiger partial charge in [-0.05, 0) is 37.8 Å². The van der Waals surface area contributed by atoms with Crippen LogP contribution >= 0.6 is 34.5 Å². The van der Waals surface area contributed by atoms with Gasteiger partial charge in [0.05, 0.1) is 0 Å². The van der Waals surface area contributed by atoms with Crippen LogP contribution in [-0.2, 0) is 4.74 Å². The monoisotopic (exact) mass is 369 g/mol. The number of carbonyl (C=O) groups is 1. The summed E-state index contributed by atoms with van der Waals surface area (Å²) in [5, 5.41) is 3.32. The Morgan fingerprint density at radius 3 is 2.61 bits per heavy atom. The number of benzene rings is 1. The zero-order valence-corrected chi connectivity index (χ0v) is 14.8. The van der Waals surface area contributed by atoms with Crippen molar-refractivity contribution in [3.63, 3.8) is 0 Å². The van der Waals surface area contributed by atoms with Crippen molar-refractivity contribution in [2.75, 3.05) is 5.73 Å². The van der Waals surface area contributed by atoms with Gasteiger partial charge in [0.1, 0.15) is 16.7 Å². The van der Waals surface area contributed by atoms with Crippen molar-refractivity contribution >= 4 is 45.5 Å². The molecule has 0 atom stereocenters. The van der Waals surface area contributed by atoms with E-state index in [0.717, 1.165) is 31.2 Å². The summed E-state index contributed by atoms with van der Waals surface area (Å²) >= 11 is 13.5. The second-order valence-corrected chi connectivity index (χ2v) is 7.43. The Balaban J connectivity index is 1.90. The molecule has 122 valence electrons. The standard InChI is InChI=1S/C17H17Cl2NO2S/c18-10-6-7-12(14(19)8-10)13-9-23-16(20)15(13)17(21)22-11-4-2-1-3-5-11/h6-9,11H,1-5,20H2. The van der Waals surface area contributed by atoms with Crippen LogP contribution in [0.25, 0.3) is 11.1 Å². The van der Waals surface area contributed by atoms with Crippen molar-refractivity contribution in [2.45, 2.75) is 38.2 Å². The molecule has 1 aromatic heterocycles. The molecule has 0 bridgehead atoms. The molecule has 3 nitrogen and oxygen atoms in total. The molecular formula is C17H17Cl2NO2S. The summed E-state index contributed by atoms with van der Waals surface area (Å²) in [6, 6.07) is 5.19. The number of carbonyl (C=O) groups excluding carboxylic acids is 1. The summed E-state index contributed by atoms with van der Waals surface area (Å²) in [5.41, 5.74) is 7.86. The Labute approximate surface area is 149 Å². The van der Waals surface area contributed by atoms with Crippen molar-refractivity contribution in [1.29, 1.82) is 0 Å². The van der Waals surface area contributed by atoms with Gasteiger partial charge < -0.3 is 10.5 Å². The highest BCUT2D eigenvalue weighted by Gasteiger charge is 2.25. The Morgan fingerprint density at radius 1 is 1.17 bits per heavy atom. The van der Waals surface area contributed by atoms with Crippen molar-refractivity contribution < 1.29 is 9.53 Å². The van der Waals surface area contributed by atoms with Crippen LogP contribution < -0.4 is 5.73 Å².